The van der Waals surface area contributed by atoms with Gasteiger partial charge in [0.2, 0.25) is 0 Å². The van der Waals surface area contributed by atoms with Crippen LogP contribution in [0.2, 0.25) is 0 Å². The lowest BCUT2D eigenvalue weighted by Gasteiger charge is -2.18. The van der Waals surface area contributed by atoms with Gasteiger partial charge in [-0.05, 0) is 70.6 Å². The number of rotatable bonds is 33. The molecule has 0 fully saturated rings. The Kier molecular flexibility index (Phi) is 33.3. The number of unbranched alkanes of at least 4 members (excludes halogenated alkanes) is 7. The van der Waals surface area contributed by atoms with Gasteiger partial charge < -0.3 is 29.5 Å². The van der Waals surface area contributed by atoms with Gasteiger partial charge in [-0.3, -0.25) is 14.1 Å². The zero-order valence-corrected chi connectivity index (χ0v) is 32.5. The Morgan fingerprint density at radius 2 is 1.10 bits per heavy atom. The van der Waals surface area contributed by atoms with E-state index in [9.17, 15) is 24.4 Å². The first-order chi connectivity index (χ1) is 25.1. The SMILES string of the molecule is CCCCC/C=C\C/C=C\C/C=C\CCCCC(=O)O[C@H](COC(=O)CCC[C@@H](O)/C=C/C=C\C/C=C\C=C\[C@@H](O)CCCCC)COP(=O)(O)O. The molecule has 0 aliphatic heterocycles. The van der Waals surface area contributed by atoms with Gasteiger partial charge in [-0.15, -0.1) is 0 Å². The summed E-state index contributed by atoms with van der Waals surface area (Å²) in [5, 5.41) is 20.0. The minimum atomic E-state index is -4.82. The number of phosphoric acid groups is 1. The molecule has 0 radical (unpaired) electrons. The van der Waals surface area contributed by atoms with Crippen LogP contribution in [0.4, 0.5) is 0 Å². The molecular weight excluding hydrogens is 683 g/mol. The van der Waals surface area contributed by atoms with Gasteiger partial charge in [0.15, 0.2) is 6.10 Å². The Bertz CT molecular complexity index is 1150. The van der Waals surface area contributed by atoms with Crippen molar-refractivity contribution in [1.82, 2.24) is 0 Å². The lowest BCUT2D eigenvalue weighted by Crippen LogP contribution is -2.29. The fourth-order valence-corrected chi connectivity index (χ4v) is 5.01. The van der Waals surface area contributed by atoms with Crippen molar-refractivity contribution in [2.75, 3.05) is 13.2 Å². The summed E-state index contributed by atoms with van der Waals surface area (Å²) in [5.41, 5.74) is 0. The Balaban J connectivity index is 4.31. The van der Waals surface area contributed by atoms with Crippen LogP contribution >= 0.6 is 7.82 Å². The number of ether oxygens (including phenoxy) is 2. The number of carbonyl (C=O) groups is 2. The molecule has 0 unspecified atom stereocenters. The summed E-state index contributed by atoms with van der Waals surface area (Å²) >= 11 is 0. The first-order valence-corrected chi connectivity index (χ1v) is 20.6. The molecular formula is C41H67O10P. The summed E-state index contributed by atoms with van der Waals surface area (Å²) in [5.74, 6) is -1.17. The fourth-order valence-electron chi connectivity index (χ4n) is 4.65. The van der Waals surface area contributed by atoms with Crippen molar-refractivity contribution in [1.29, 1.82) is 0 Å². The number of hydrogen-bond donors (Lipinski definition) is 4. The van der Waals surface area contributed by atoms with Crippen LogP contribution in [0.3, 0.4) is 0 Å². The molecule has 52 heavy (non-hydrogen) atoms. The van der Waals surface area contributed by atoms with E-state index in [4.69, 9.17) is 19.3 Å². The molecule has 10 nitrogen and oxygen atoms in total. The minimum absolute atomic E-state index is 0.00581. The number of carbonyl (C=O) groups excluding carboxylic acids is 2. The molecule has 0 aromatic carbocycles. The smallest absolute Gasteiger partial charge is 0.462 e. The van der Waals surface area contributed by atoms with Gasteiger partial charge in [-0.25, -0.2) is 4.57 Å². The summed E-state index contributed by atoms with van der Waals surface area (Å²) in [6, 6.07) is 0. The van der Waals surface area contributed by atoms with Crippen molar-refractivity contribution in [3.8, 4) is 0 Å². The van der Waals surface area contributed by atoms with E-state index < -0.39 is 51.3 Å². The molecule has 296 valence electrons. The van der Waals surface area contributed by atoms with Crippen LogP contribution in [0.5, 0.6) is 0 Å². The molecule has 0 saturated heterocycles. The average Bonchev–Trinajstić information content (AvgIpc) is 3.10. The molecule has 0 aliphatic rings. The summed E-state index contributed by atoms with van der Waals surface area (Å²) < 4.78 is 26.1. The molecule has 11 heteroatoms. The van der Waals surface area contributed by atoms with E-state index in [1.165, 1.54) is 19.3 Å². The largest absolute Gasteiger partial charge is 0.469 e. The van der Waals surface area contributed by atoms with E-state index in [0.29, 0.717) is 25.7 Å². The van der Waals surface area contributed by atoms with E-state index in [0.717, 1.165) is 57.8 Å². The normalized spacial score (nSPS) is 14.7. The number of phosphoric ester groups is 1. The quantitative estimate of drug-likeness (QED) is 0.0167. The average molecular weight is 751 g/mol. The van der Waals surface area contributed by atoms with Crippen LogP contribution in [0.25, 0.3) is 0 Å². The first kappa shape index (κ1) is 49.1. The monoisotopic (exact) mass is 750 g/mol. The predicted molar refractivity (Wildman–Crippen MR) is 209 cm³/mol. The van der Waals surface area contributed by atoms with Crippen molar-refractivity contribution >= 4 is 19.8 Å². The van der Waals surface area contributed by atoms with Crippen LogP contribution in [0.1, 0.15) is 129 Å². The fraction of sp³-hybridized carbons (Fsp3) is 0.610. The number of allylic oxidation sites excluding steroid dienone is 12. The molecule has 0 aromatic rings. The number of aliphatic hydroxyl groups excluding tert-OH is 2. The van der Waals surface area contributed by atoms with Gasteiger partial charge in [-0.1, -0.05) is 131 Å². The van der Waals surface area contributed by atoms with E-state index in [2.05, 4.69) is 54.8 Å². The van der Waals surface area contributed by atoms with Gasteiger partial charge in [0.05, 0.1) is 18.8 Å². The summed E-state index contributed by atoms with van der Waals surface area (Å²) in [7, 11) is -4.82. The molecule has 3 atom stereocenters. The Hall–Kier alpha value is -2.85. The topological polar surface area (TPSA) is 160 Å². The third kappa shape index (κ3) is 36.9. The molecule has 0 aromatic heterocycles. The van der Waals surface area contributed by atoms with Gasteiger partial charge in [0.25, 0.3) is 0 Å². The second-order valence-electron chi connectivity index (χ2n) is 12.6. The van der Waals surface area contributed by atoms with Gasteiger partial charge in [-0.2, -0.15) is 0 Å². The van der Waals surface area contributed by atoms with Crippen LogP contribution in [-0.4, -0.2) is 63.5 Å². The maximum Gasteiger partial charge on any atom is 0.469 e. The van der Waals surface area contributed by atoms with Crippen molar-refractivity contribution < 1.29 is 48.2 Å². The number of hydrogen-bond acceptors (Lipinski definition) is 8. The van der Waals surface area contributed by atoms with Crippen molar-refractivity contribution in [3.05, 3.63) is 85.1 Å². The first-order valence-electron chi connectivity index (χ1n) is 19.1. The predicted octanol–water partition coefficient (Wildman–Crippen LogP) is 9.23. The Labute approximate surface area is 313 Å². The zero-order valence-electron chi connectivity index (χ0n) is 31.6. The highest BCUT2D eigenvalue weighted by atomic mass is 31.2. The third-order valence-corrected chi connectivity index (χ3v) is 8.08. The van der Waals surface area contributed by atoms with E-state index in [-0.39, 0.29) is 12.8 Å². The zero-order chi connectivity index (χ0) is 38.5. The summed E-state index contributed by atoms with van der Waals surface area (Å²) in [4.78, 5) is 42.7. The van der Waals surface area contributed by atoms with Crippen LogP contribution in [0, 0.1) is 0 Å². The highest BCUT2D eigenvalue weighted by Gasteiger charge is 2.23. The molecule has 0 rings (SSSR count). The highest BCUT2D eigenvalue weighted by Crippen LogP contribution is 2.36. The van der Waals surface area contributed by atoms with Gasteiger partial charge in [0.1, 0.15) is 6.61 Å². The lowest BCUT2D eigenvalue weighted by molar-refractivity contribution is -0.161. The second-order valence-corrected chi connectivity index (χ2v) is 13.8. The number of esters is 2. The standard InChI is InChI=1S/C41H67O10P/c1-3-5-7-8-9-10-11-12-13-14-15-16-20-23-27-33-41(45)51-39(36-50-52(46,47)48)35-49-40(44)34-28-32-38(43)31-26-22-19-17-18-21-25-30-37(42)29-24-6-4-2/h9-10,12-13,15-16,18-19,21-22,25-26,30-31,37-39,42-43H,3-8,11,14,17,20,23-24,27-29,32-36H2,1-2H3,(H2,46,47,48)/b10-9-,13-12-,16-15-,21-18-,22-19-,30-25+,31-26+/t37-,38-,39+/m0/s1. The summed E-state index contributed by atoms with van der Waals surface area (Å²) in [6.45, 7) is 3.30. The van der Waals surface area contributed by atoms with Crippen molar-refractivity contribution in [2.24, 2.45) is 0 Å². The molecule has 0 bridgehead atoms. The lowest BCUT2D eigenvalue weighted by atomic mass is 10.1. The molecule has 0 spiro atoms. The highest BCUT2D eigenvalue weighted by molar-refractivity contribution is 7.46. The second kappa shape index (κ2) is 35.2. The van der Waals surface area contributed by atoms with Crippen molar-refractivity contribution in [2.45, 2.75) is 148 Å². The van der Waals surface area contributed by atoms with Crippen LogP contribution < -0.4 is 0 Å². The van der Waals surface area contributed by atoms with Gasteiger partial charge in [0, 0.05) is 12.8 Å². The summed E-state index contributed by atoms with van der Waals surface area (Å²) in [6.07, 6.45) is 39.5. The van der Waals surface area contributed by atoms with Crippen LogP contribution in [-0.2, 0) is 28.2 Å². The Morgan fingerprint density at radius 3 is 1.67 bits per heavy atom. The molecule has 0 heterocycles. The molecule has 0 saturated carbocycles. The van der Waals surface area contributed by atoms with E-state index >= 15 is 0 Å². The molecule has 4 N–H and O–H groups in total. The maximum absolute atomic E-state index is 12.4. The van der Waals surface area contributed by atoms with Gasteiger partial charge >= 0.3 is 19.8 Å². The van der Waals surface area contributed by atoms with Crippen LogP contribution in [0.15, 0.2) is 85.1 Å². The maximum atomic E-state index is 12.4. The Morgan fingerprint density at radius 1 is 0.596 bits per heavy atom. The van der Waals surface area contributed by atoms with Crippen molar-refractivity contribution in [3.63, 3.8) is 0 Å². The molecule has 0 aliphatic carbocycles. The van der Waals surface area contributed by atoms with E-state index in [1.54, 1.807) is 18.2 Å². The third-order valence-electron chi connectivity index (χ3n) is 7.59. The number of aliphatic hydroxyl groups is 2. The minimum Gasteiger partial charge on any atom is -0.462 e. The molecule has 0 amide bonds. The van der Waals surface area contributed by atoms with E-state index in [1.807, 2.05) is 30.4 Å².